The van der Waals surface area contributed by atoms with Gasteiger partial charge in [-0.15, -0.1) is 0 Å². The van der Waals surface area contributed by atoms with Gasteiger partial charge in [-0.3, -0.25) is 0 Å². The number of hydrogen-bond acceptors (Lipinski definition) is 3. The van der Waals surface area contributed by atoms with Crippen LogP contribution >= 0.6 is 0 Å². The second-order valence-electron chi connectivity index (χ2n) is 4.67. The topological polar surface area (TPSA) is 56.0 Å². The van der Waals surface area contributed by atoms with Crippen molar-refractivity contribution in [2.75, 3.05) is 18.5 Å². The van der Waals surface area contributed by atoms with Crippen LogP contribution in [-0.2, 0) is 0 Å². The summed E-state index contributed by atoms with van der Waals surface area (Å²) < 4.78 is 0. The van der Waals surface area contributed by atoms with Crippen LogP contribution in [0.1, 0.15) is 24.0 Å². The Labute approximate surface area is 95.7 Å². The van der Waals surface area contributed by atoms with E-state index in [4.69, 9.17) is 5.26 Å². The summed E-state index contributed by atoms with van der Waals surface area (Å²) >= 11 is 0. The molecule has 0 spiro atoms. The van der Waals surface area contributed by atoms with Crippen molar-refractivity contribution in [2.45, 2.75) is 19.8 Å². The van der Waals surface area contributed by atoms with Gasteiger partial charge < -0.3 is 10.4 Å². The van der Waals surface area contributed by atoms with Gasteiger partial charge in [-0.25, -0.2) is 0 Å². The Bertz CT molecular complexity index is 430. The Morgan fingerprint density at radius 3 is 2.81 bits per heavy atom. The molecule has 0 amide bonds. The Morgan fingerprint density at radius 1 is 1.50 bits per heavy atom. The maximum absolute atomic E-state index is 9.20. The molecule has 0 bridgehead atoms. The molecule has 1 aliphatic carbocycles. The third-order valence-electron chi connectivity index (χ3n) is 3.24. The lowest BCUT2D eigenvalue weighted by atomic mass is 10.1. The molecule has 84 valence electrons. The molecular weight excluding hydrogens is 200 g/mol. The minimum absolute atomic E-state index is 0.0671. The van der Waals surface area contributed by atoms with Gasteiger partial charge in [-0.2, -0.15) is 5.26 Å². The summed E-state index contributed by atoms with van der Waals surface area (Å²) in [6.07, 6.45) is 2.15. The molecule has 2 N–H and O–H groups in total. The lowest BCUT2D eigenvalue weighted by Crippen LogP contribution is -2.19. The third-order valence-corrected chi connectivity index (χ3v) is 3.24. The van der Waals surface area contributed by atoms with Gasteiger partial charge in [-0.1, -0.05) is 6.07 Å². The van der Waals surface area contributed by atoms with Gasteiger partial charge in [0.25, 0.3) is 0 Å². The molecule has 3 nitrogen and oxygen atoms in total. The molecular formula is C13H16N2O. The summed E-state index contributed by atoms with van der Waals surface area (Å²) in [6.45, 7) is 2.95. The fourth-order valence-electron chi connectivity index (χ4n) is 1.76. The minimum Gasteiger partial charge on any atom is -0.396 e. The van der Waals surface area contributed by atoms with Crippen LogP contribution in [0.4, 0.5) is 5.69 Å². The van der Waals surface area contributed by atoms with E-state index in [0.717, 1.165) is 30.6 Å². The lowest BCUT2D eigenvalue weighted by molar-refractivity contribution is 0.220. The molecule has 0 saturated heterocycles. The van der Waals surface area contributed by atoms with Crippen LogP contribution in [0.15, 0.2) is 18.2 Å². The van der Waals surface area contributed by atoms with Crippen molar-refractivity contribution in [2.24, 2.45) is 5.41 Å². The monoisotopic (exact) mass is 216 g/mol. The third kappa shape index (κ3) is 2.17. The van der Waals surface area contributed by atoms with Gasteiger partial charge in [0, 0.05) is 12.0 Å². The van der Waals surface area contributed by atoms with E-state index in [2.05, 4.69) is 11.4 Å². The van der Waals surface area contributed by atoms with E-state index in [1.54, 1.807) is 0 Å². The summed E-state index contributed by atoms with van der Waals surface area (Å²) in [5.41, 5.74) is 2.70. The van der Waals surface area contributed by atoms with E-state index in [0.29, 0.717) is 5.56 Å². The van der Waals surface area contributed by atoms with Gasteiger partial charge in [0.1, 0.15) is 6.07 Å². The van der Waals surface area contributed by atoms with Gasteiger partial charge in [0.05, 0.1) is 17.9 Å². The number of benzene rings is 1. The molecule has 1 aromatic rings. The fourth-order valence-corrected chi connectivity index (χ4v) is 1.76. The van der Waals surface area contributed by atoms with E-state index in [9.17, 15) is 5.11 Å². The van der Waals surface area contributed by atoms with Crippen molar-refractivity contribution in [1.82, 2.24) is 0 Å². The molecule has 0 heterocycles. The Balaban J connectivity index is 2.07. The highest BCUT2D eigenvalue weighted by molar-refractivity contribution is 5.58. The van der Waals surface area contributed by atoms with E-state index < -0.39 is 0 Å². The standard InChI is InChI=1S/C13H16N2O/c1-10-2-3-12(11(6-10)7-14)15-8-13(9-16)4-5-13/h2-3,6,15-16H,4-5,8-9H2,1H3. The molecule has 0 atom stereocenters. The molecule has 1 aliphatic rings. The van der Waals surface area contributed by atoms with Crippen molar-refractivity contribution in [1.29, 1.82) is 5.26 Å². The predicted octanol–water partition coefficient (Wildman–Crippen LogP) is 2.05. The molecule has 1 saturated carbocycles. The SMILES string of the molecule is Cc1ccc(NCC2(CO)CC2)c(C#N)c1. The average Bonchev–Trinajstić information content (AvgIpc) is 3.08. The first-order valence-electron chi connectivity index (χ1n) is 5.55. The van der Waals surface area contributed by atoms with Crippen molar-refractivity contribution in [3.63, 3.8) is 0 Å². The molecule has 0 radical (unpaired) electrons. The average molecular weight is 216 g/mol. The van der Waals surface area contributed by atoms with Gasteiger partial charge in [0.15, 0.2) is 0 Å². The predicted molar refractivity (Wildman–Crippen MR) is 63.1 cm³/mol. The van der Waals surface area contributed by atoms with Crippen LogP contribution in [0.5, 0.6) is 0 Å². The van der Waals surface area contributed by atoms with E-state index >= 15 is 0 Å². The first-order valence-corrected chi connectivity index (χ1v) is 5.55. The van der Waals surface area contributed by atoms with Gasteiger partial charge in [0.2, 0.25) is 0 Å². The highest BCUT2D eigenvalue weighted by Crippen LogP contribution is 2.45. The van der Waals surface area contributed by atoms with Crippen LogP contribution in [0.3, 0.4) is 0 Å². The number of nitrogens with zero attached hydrogens (tertiary/aromatic N) is 1. The highest BCUT2D eigenvalue weighted by atomic mass is 16.3. The maximum atomic E-state index is 9.20. The van der Waals surface area contributed by atoms with Crippen molar-refractivity contribution in [3.05, 3.63) is 29.3 Å². The smallest absolute Gasteiger partial charge is 0.101 e. The van der Waals surface area contributed by atoms with Crippen molar-refractivity contribution < 1.29 is 5.11 Å². The summed E-state index contributed by atoms with van der Waals surface area (Å²) in [7, 11) is 0. The number of nitrogens with one attached hydrogen (secondary N) is 1. The van der Waals surface area contributed by atoms with E-state index in [1.165, 1.54) is 0 Å². The largest absolute Gasteiger partial charge is 0.396 e. The number of nitriles is 1. The van der Waals surface area contributed by atoms with Crippen LogP contribution in [0.25, 0.3) is 0 Å². The summed E-state index contributed by atoms with van der Waals surface area (Å²) in [4.78, 5) is 0. The normalized spacial score (nSPS) is 16.6. The number of aliphatic hydroxyl groups excluding tert-OH is 1. The summed E-state index contributed by atoms with van der Waals surface area (Å²) in [5, 5.41) is 21.5. The van der Waals surface area contributed by atoms with Crippen molar-refractivity contribution >= 4 is 5.69 Å². The molecule has 1 fully saturated rings. The summed E-state index contributed by atoms with van der Waals surface area (Å²) in [5.74, 6) is 0. The van der Waals surface area contributed by atoms with Crippen LogP contribution in [-0.4, -0.2) is 18.3 Å². The first kappa shape index (κ1) is 11.0. The molecule has 2 rings (SSSR count). The zero-order valence-electron chi connectivity index (χ0n) is 9.45. The molecule has 16 heavy (non-hydrogen) atoms. The van der Waals surface area contributed by atoms with Crippen molar-refractivity contribution in [3.8, 4) is 6.07 Å². The maximum Gasteiger partial charge on any atom is 0.101 e. The number of aliphatic hydroxyl groups is 1. The fraction of sp³-hybridized carbons (Fsp3) is 0.462. The quantitative estimate of drug-likeness (QED) is 0.810. The Hall–Kier alpha value is -1.53. The molecule has 0 aromatic heterocycles. The number of anilines is 1. The Morgan fingerprint density at radius 2 is 2.25 bits per heavy atom. The number of hydrogen-bond donors (Lipinski definition) is 2. The van der Waals surface area contributed by atoms with Gasteiger partial charge in [-0.05, 0) is 37.5 Å². The molecule has 0 aliphatic heterocycles. The second kappa shape index (κ2) is 4.15. The second-order valence-corrected chi connectivity index (χ2v) is 4.67. The van der Waals surface area contributed by atoms with Crippen LogP contribution in [0.2, 0.25) is 0 Å². The van der Waals surface area contributed by atoms with E-state index in [1.807, 2.05) is 25.1 Å². The highest BCUT2D eigenvalue weighted by Gasteiger charge is 2.41. The lowest BCUT2D eigenvalue weighted by Gasteiger charge is -2.14. The Kier molecular flexibility index (Phi) is 2.84. The minimum atomic E-state index is 0.0671. The molecule has 0 unspecified atom stereocenters. The zero-order chi connectivity index (χ0) is 11.6. The van der Waals surface area contributed by atoms with Crippen LogP contribution in [0, 0.1) is 23.7 Å². The molecule has 3 heteroatoms. The van der Waals surface area contributed by atoms with Crippen LogP contribution < -0.4 is 5.32 Å². The zero-order valence-corrected chi connectivity index (χ0v) is 9.45. The van der Waals surface area contributed by atoms with E-state index in [-0.39, 0.29) is 12.0 Å². The first-order chi connectivity index (χ1) is 7.69. The number of aryl methyl sites for hydroxylation is 1. The number of rotatable bonds is 4. The summed E-state index contributed by atoms with van der Waals surface area (Å²) in [6, 6.07) is 7.98. The van der Waals surface area contributed by atoms with Gasteiger partial charge >= 0.3 is 0 Å². The molecule has 1 aromatic carbocycles.